The first kappa shape index (κ1) is 14.3. The third kappa shape index (κ3) is 2.88. The maximum atomic E-state index is 6.06. The number of hydrogen-bond donors (Lipinski definition) is 1. The van der Waals surface area contributed by atoms with Crippen molar-refractivity contribution in [2.45, 2.75) is 6.92 Å². The summed E-state index contributed by atoms with van der Waals surface area (Å²) in [5.74, 6) is 0. The van der Waals surface area contributed by atoms with E-state index >= 15 is 0 Å². The van der Waals surface area contributed by atoms with E-state index in [9.17, 15) is 0 Å². The van der Waals surface area contributed by atoms with Gasteiger partial charge in [-0.3, -0.25) is 10.4 Å². The Morgan fingerprint density at radius 3 is 2.67 bits per heavy atom. The van der Waals surface area contributed by atoms with Gasteiger partial charge in [-0.15, -0.1) is 11.3 Å². The first-order valence-electron chi connectivity index (χ1n) is 6.22. The van der Waals surface area contributed by atoms with E-state index in [0.717, 1.165) is 11.3 Å². The molecule has 6 heteroatoms. The number of nitrogens with one attached hydrogen (secondary N) is 1. The van der Waals surface area contributed by atoms with Gasteiger partial charge in [0.05, 0.1) is 21.4 Å². The molecule has 0 aliphatic heterocycles. The van der Waals surface area contributed by atoms with Crippen molar-refractivity contribution in [3.8, 4) is 0 Å². The normalized spacial score (nSPS) is 11.9. The van der Waals surface area contributed by atoms with Gasteiger partial charge in [0.25, 0.3) is 0 Å². The van der Waals surface area contributed by atoms with Gasteiger partial charge in [0.1, 0.15) is 0 Å². The number of rotatable bonds is 3. The molecule has 0 amide bonds. The number of hydrazone groups is 1. The van der Waals surface area contributed by atoms with E-state index in [0.29, 0.717) is 15.7 Å². The fraction of sp³-hybridized carbons (Fsp3) is 0.0667. The van der Waals surface area contributed by atoms with Crippen molar-refractivity contribution in [1.29, 1.82) is 0 Å². The summed E-state index contributed by atoms with van der Waals surface area (Å²) in [7, 11) is 0. The molecule has 0 unspecified atom stereocenters. The molecule has 0 spiro atoms. The van der Waals surface area contributed by atoms with Crippen LogP contribution >= 0.6 is 34.5 Å². The smallest absolute Gasteiger partial charge is 0.0965 e. The Balaban J connectivity index is 1.93. The molecule has 0 radical (unpaired) electrons. The molecule has 3 aromatic rings. The van der Waals surface area contributed by atoms with Crippen LogP contribution in [0.4, 0.5) is 5.69 Å². The molecule has 0 aliphatic rings. The number of fused-ring (bicyclic) bond motifs is 1. The molecule has 0 saturated heterocycles. The Kier molecular flexibility index (Phi) is 4.10. The zero-order valence-electron chi connectivity index (χ0n) is 11.1. The molecule has 0 aliphatic carbocycles. The van der Waals surface area contributed by atoms with E-state index in [2.05, 4.69) is 33.0 Å². The predicted octanol–water partition coefficient (Wildman–Crippen LogP) is 5.44. The molecular weight excluding hydrogens is 325 g/mol. The quantitative estimate of drug-likeness (QED) is 0.511. The molecule has 0 atom stereocenters. The number of pyridine rings is 1. The highest BCUT2D eigenvalue weighted by molar-refractivity contribution is 7.17. The van der Waals surface area contributed by atoms with Crippen molar-refractivity contribution in [3.05, 3.63) is 57.6 Å². The van der Waals surface area contributed by atoms with E-state index in [1.807, 2.05) is 19.1 Å². The topological polar surface area (TPSA) is 37.3 Å². The van der Waals surface area contributed by atoms with Crippen LogP contribution in [0.3, 0.4) is 0 Å². The van der Waals surface area contributed by atoms with E-state index in [4.69, 9.17) is 23.2 Å². The largest absolute Gasteiger partial charge is 0.275 e. The summed E-state index contributed by atoms with van der Waals surface area (Å²) in [6.07, 6.45) is 3.06. The van der Waals surface area contributed by atoms with Gasteiger partial charge in [-0.2, -0.15) is 5.10 Å². The summed E-state index contributed by atoms with van der Waals surface area (Å²) in [4.78, 5) is 3.91. The lowest BCUT2D eigenvalue weighted by molar-refractivity contribution is 1.27. The standard InChI is InChI=1S/C15H11Cl2N3S/c1-9(11-8-21-14-5-3-2-4-10(11)14)19-20-15-12(16)6-18-7-13(15)17/h2-8H,1H3,(H,18,20). The Hall–Kier alpha value is -1.62. The van der Waals surface area contributed by atoms with Crippen molar-refractivity contribution in [2.75, 3.05) is 5.43 Å². The molecule has 0 fully saturated rings. The number of thiophene rings is 1. The molecule has 0 saturated carbocycles. The lowest BCUT2D eigenvalue weighted by atomic mass is 10.1. The van der Waals surface area contributed by atoms with E-state index in [-0.39, 0.29) is 0 Å². The Morgan fingerprint density at radius 1 is 1.19 bits per heavy atom. The van der Waals surface area contributed by atoms with Gasteiger partial charge in [-0.05, 0) is 13.0 Å². The van der Waals surface area contributed by atoms with Gasteiger partial charge >= 0.3 is 0 Å². The van der Waals surface area contributed by atoms with Gasteiger partial charge in [0.15, 0.2) is 0 Å². The number of nitrogens with zero attached hydrogens (tertiary/aromatic N) is 2. The number of benzene rings is 1. The van der Waals surface area contributed by atoms with Crippen molar-refractivity contribution in [3.63, 3.8) is 0 Å². The lowest BCUT2D eigenvalue weighted by Gasteiger charge is -2.06. The Labute approximate surface area is 136 Å². The summed E-state index contributed by atoms with van der Waals surface area (Å²) in [5, 5.41) is 8.55. The molecule has 1 aromatic carbocycles. The molecular formula is C15H11Cl2N3S. The zero-order valence-corrected chi connectivity index (χ0v) is 13.4. The second-order valence-corrected chi connectivity index (χ2v) is 6.16. The third-order valence-corrected chi connectivity index (χ3v) is 4.60. The molecule has 2 aromatic heterocycles. The highest BCUT2D eigenvalue weighted by Gasteiger charge is 2.08. The number of aromatic nitrogens is 1. The third-order valence-electron chi connectivity index (χ3n) is 3.06. The zero-order chi connectivity index (χ0) is 14.8. The van der Waals surface area contributed by atoms with Gasteiger partial charge < -0.3 is 0 Å². The maximum Gasteiger partial charge on any atom is 0.0965 e. The molecule has 0 bridgehead atoms. The number of halogens is 2. The summed E-state index contributed by atoms with van der Waals surface area (Å²) in [5.41, 5.74) is 5.46. The SMILES string of the molecule is CC(=NNc1c(Cl)cncc1Cl)c1csc2ccccc12. The Bertz CT molecular complexity index is 806. The summed E-state index contributed by atoms with van der Waals surface area (Å²) in [6.45, 7) is 1.95. The monoisotopic (exact) mass is 335 g/mol. The van der Waals surface area contributed by atoms with Gasteiger partial charge in [0, 0.05) is 33.4 Å². The first-order valence-corrected chi connectivity index (χ1v) is 7.86. The van der Waals surface area contributed by atoms with Crippen LogP contribution in [0.5, 0.6) is 0 Å². The van der Waals surface area contributed by atoms with Crippen molar-refractivity contribution in [1.82, 2.24) is 4.98 Å². The minimum absolute atomic E-state index is 0.439. The second kappa shape index (κ2) is 6.02. The van der Waals surface area contributed by atoms with Crippen LogP contribution in [0.15, 0.2) is 47.1 Å². The van der Waals surface area contributed by atoms with Crippen LogP contribution in [0.1, 0.15) is 12.5 Å². The minimum Gasteiger partial charge on any atom is -0.275 e. The maximum absolute atomic E-state index is 6.06. The van der Waals surface area contributed by atoms with Crippen molar-refractivity contribution < 1.29 is 0 Å². The van der Waals surface area contributed by atoms with Crippen LogP contribution in [-0.4, -0.2) is 10.7 Å². The summed E-state index contributed by atoms with van der Waals surface area (Å²) in [6, 6.07) is 8.24. The minimum atomic E-state index is 0.439. The highest BCUT2D eigenvalue weighted by atomic mass is 35.5. The average Bonchev–Trinajstić information content (AvgIpc) is 2.90. The number of hydrogen-bond acceptors (Lipinski definition) is 4. The van der Waals surface area contributed by atoms with Gasteiger partial charge in [-0.25, -0.2) is 0 Å². The average molecular weight is 336 g/mol. The van der Waals surface area contributed by atoms with Crippen LogP contribution in [-0.2, 0) is 0 Å². The van der Waals surface area contributed by atoms with Gasteiger partial charge in [0.2, 0.25) is 0 Å². The highest BCUT2D eigenvalue weighted by Crippen LogP contribution is 2.29. The molecule has 1 N–H and O–H groups in total. The van der Waals surface area contributed by atoms with Crippen LogP contribution in [0.25, 0.3) is 10.1 Å². The van der Waals surface area contributed by atoms with Gasteiger partial charge in [-0.1, -0.05) is 41.4 Å². The fourth-order valence-corrected chi connectivity index (χ4v) is 3.43. The van der Waals surface area contributed by atoms with Crippen molar-refractivity contribution in [2.24, 2.45) is 5.10 Å². The van der Waals surface area contributed by atoms with Crippen molar-refractivity contribution >= 4 is 56.0 Å². The summed E-state index contributed by atoms with van der Waals surface area (Å²) >= 11 is 13.8. The van der Waals surface area contributed by atoms with Crippen LogP contribution < -0.4 is 5.43 Å². The van der Waals surface area contributed by atoms with Crippen LogP contribution in [0.2, 0.25) is 10.0 Å². The summed E-state index contributed by atoms with van der Waals surface area (Å²) < 4.78 is 1.24. The molecule has 21 heavy (non-hydrogen) atoms. The lowest BCUT2D eigenvalue weighted by Crippen LogP contribution is -2.00. The van der Waals surface area contributed by atoms with E-state index in [1.54, 1.807) is 11.3 Å². The van der Waals surface area contributed by atoms with E-state index < -0.39 is 0 Å². The molecule has 2 heterocycles. The molecule has 3 nitrogen and oxygen atoms in total. The molecule has 106 valence electrons. The van der Waals surface area contributed by atoms with E-state index in [1.165, 1.54) is 22.5 Å². The molecule has 3 rings (SSSR count). The predicted molar refractivity (Wildman–Crippen MR) is 91.9 cm³/mol. The number of anilines is 1. The van der Waals surface area contributed by atoms with Crippen LogP contribution in [0, 0.1) is 0 Å². The fourth-order valence-electron chi connectivity index (χ4n) is 1.98. The Morgan fingerprint density at radius 2 is 1.90 bits per heavy atom. The second-order valence-electron chi connectivity index (χ2n) is 4.43. The first-order chi connectivity index (χ1) is 10.2.